The second kappa shape index (κ2) is 5.22. The summed E-state index contributed by atoms with van der Waals surface area (Å²) in [5, 5.41) is 0.502. The summed E-state index contributed by atoms with van der Waals surface area (Å²) in [7, 11) is 0. The summed E-state index contributed by atoms with van der Waals surface area (Å²) in [4.78, 5) is 21.2. The zero-order valence-electron chi connectivity index (χ0n) is 12.0. The Labute approximate surface area is 127 Å². The van der Waals surface area contributed by atoms with Crippen molar-refractivity contribution < 1.29 is 4.42 Å². The molecule has 3 aromatic rings. The molecular formula is C18H14N2O2. The van der Waals surface area contributed by atoms with E-state index in [1.165, 1.54) is 0 Å². The topological polar surface area (TPSA) is 55.5 Å². The van der Waals surface area contributed by atoms with Crippen LogP contribution in [0.1, 0.15) is 18.4 Å². The highest BCUT2D eigenvalue weighted by Gasteiger charge is 2.13. The maximum absolute atomic E-state index is 12.2. The van der Waals surface area contributed by atoms with Gasteiger partial charge in [-0.2, -0.15) is 0 Å². The number of rotatable bonds is 2. The van der Waals surface area contributed by atoms with Crippen molar-refractivity contribution in [2.45, 2.75) is 12.8 Å². The van der Waals surface area contributed by atoms with E-state index < -0.39 is 0 Å². The average Bonchev–Trinajstić information content (AvgIpc) is 3.09. The number of fused-ring (bicyclic) bond motifs is 1. The van der Waals surface area contributed by atoms with E-state index >= 15 is 0 Å². The van der Waals surface area contributed by atoms with Gasteiger partial charge in [0.2, 0.25) is 5.89 Å². The third-order valence-electron chi connectivity index (χ3n) is 3.86. The van der Waals surface area contributed by atoms with Crippen molar-refractivity contribution in [2.24, 2.45) is 4.99 Å². The van der Waals surface area contributed by atoms with E-state index in [1.807, 2.05) is 42.5 Å². The smallest absolute Gasteiger partial charge is 0.347 e. The van der Waals surface area contributed by atoms with Gasteiger partial charge in [0.15, 0.2) is 0 Å². The maximum atomic E-state index is 12.2. The summed E-state index contributed by atoms with van der Waals surface area (Å²) in [6, 6.07) is 15.1. The maximum Gasteiger partial charge on any atom is 0.347 e. The zero-order chi connectivity index (χ0) is 14.9. The number of aliphatic imine (C=N–C) groups is 1. The van der Waals surface area contributed by atoms with Gasteiger partial charge in [0.25, 0.3) is 0 Å². The molecular weight excluding hydrogens is 276 g/mol. The fourth-order valence-electron chi connectivity index (χ4n) is 2.73. The Morgan fingerprint density at radius 2 is 1.86 bits per heavy atom. The first-order valence-corrected chi connectivity index (χ1v) is 7.35. The average molecular weight is 290 g/mol. The minimum atomic E-state index is -0.358. The van der Waals surface area contributed by atoms with Gasteiger partial charge in [-0.1, -0.05) is 24.3 Å². The lowest BCUT2D eigenvalue weighted by Gasteiger charge is -2.04. The molecule has 0 amide bonds. The Morgan fingerprint density at radius 1 is 1.00 bits per heavy atom. The highest BCUT2D eigenvalue weighted by molar-refractivity contribution is 6.03. The number of hydrogen-bond donors (Lipinski definition) is 0. The first-order chi connectivity index (χ1) is 10.8. The van der Waals surface area contributed by atoms with E-state index in [9.17, 15) is 4.79 Å². The minimum Gasteiger partial charge on any atom is -0.403 e. The number of aromatic nitrogens is 1. The Balaban J connectivity index is 1.90. The predicted molar refractivity (Wildman–Crippen MR) is 86.4 cm³/mol. The lowest BCUT2D eigenvalue weighted by molar-refractivity contribution is 0.518. The molecule has 0 saturated carbocycles. The molecule has 108 valence electrons. The van der Waals surface area contributed by atoms with Crippen molar-refractivity contribution in [2.75, 3.05) is 6.54 Å². The molecule has 1 aliphatic rings. The third kappa shape index (κ3) is 2.22. The molecule has 4 nitrogen and oxygen atoms in total. The van der Waals surface area contributed by atoms with Crippen LogP contribution in [0.4, 0.5) is 0 Å². The van der Waals surface area contributed by atoms with Gasteiger partial charge in [-0.3, -0.25) is 4.99 Å². The van der Waals surface area contributed by atoms with E-state index in [0.29, 0.717) is 16.8 Å². The summed E-state index contributed by atoms with van der Waals surface area (Å²) in [5.74, 6) is 0.351. The molecule has 0 aliphatic carbocycles. The van der Waals surface area contributed by atoms with E-state index in [-0.39, 0.29) is 5.63 Å². The lowest BCUT2D eigenvalue weighted by Crippen LogP contribution is -2.05. The van der Waals surface area contributed by atoms with Crippen LogP contribution in [0.25, 0.3) is 22.4 Å². The molecule has 22 heavy (non-hydrogen) atoms. The molecule has 1 aromatic heterocycles. The van der Waals surface area contributed by atoms with Crippen LogP contribution in [0.15, 0.2) is 62.7 Å². The van der Waals surface area contributed by atoms with Crippen LogP contribution in [-0.2, 0) is 0 Å². The van der Waals surface area contributed by atoms with Gasteiger partial charge in [-0.25, -0.2) is 9.78 Å². The van der Waals surface area contributed by atoms with E-state index in [2.05, 4.69) is 9.98 Å². The SMILES string of the molecule is O=c1oc(-c2ccccc2)nc2cc(C3=NCCC3)ccc12. The molecule has 0 atom stereocenters. The van der Waals surface area contributed by atoms with Crippen LogP contribution < -0.4 is 5.63 Å². The Morgan fingerprint density at radius 3 is 2.64 bits per heavy atom. The van der Waals surface area contributed by atoms with Gasteiger partial charge in [0.05, 0.1) is 10.9 Å². The first-order valence-electron chi connectivity index (χ1n) is 7.35. The zero-order valence-corrected chi connectivity index (χ0v) is 12.0. The van der Waals surface area contributed by atoms with Gasteiger partial charge in [-0.15, -0.1) is 0 Å². The van der Waals surface area contributed by atoms with Crippen LogP contribution >= 0.6 is 0 Å². The highest BCUT2D eigenvalue weighted by Crippen LogP contribution is 2.21. The Kier molecular flexibility index (Phi) is 3.07. The van der Waals surface area contributed by atoms with Gasteiger partial charge in [-0.05, 0) is 42.7 Å². The molecule has 0 fully saturated rings. The van der Waals surface area contributed by atoms with Crippen LogP contribution in [0, 0.1) is 0 Å². The van der Waals surface area contributed by atoms with Crippen LogP contribution in [-0.4, -0.2) is 17.2 Å². The van der Waals surface area contributed by atoms with Crippen LogP contribution in [0.3, 0.4) is 0 Å². The first kappa shape index (κ1) is 13.0. The fraction of sp³-hybridized carbons (Fsp3) is 0.167. The summed E-state index contributed by atoms with van der Waals surface area (Å²) in [5.41, 5.74) is 3.23. The molecule has 2 aromatic carbocycles. The predicted octanol–water partition coefficient (Wildman–Crippen LogP) is 3.44. The summed E-state index contributed by atoms with van der Waals surface area (Å²) >= 11 is 0. The minimum absolute atomic E-state index is 0.351. The van der Waals surface area contributed by atoms with Crippen molar-refractivity contribution in [1.29, 1.82) is 0 Å². The molecule has 0 bridgehead atoms. The second-order valence-corrected chi connectivity index (χ2v) is 5.34. The van der Waals surface area contributed by atoms with Crippen molar-refractivity contribution in [3.63, 3.8) is 0 Å². The number of benzene rings is 2. The van der Waals surface area contributed by atoms with Crippen molar-refractivity contribution in [3.05, 3.63) is 64.5 Å². The van der Waals surface area contributed by atoms with E-state index in [1.54, 1.807) is 6.07 Å². The number of hydrogen-bond acceptors (Lipinski definition) is 4. The summed E-state index contributed by atoms with van der Waals surface area (Å²) < 4.78 is 5.35. The van der Waals surface area contributed by atoms with E-state index in [0.717, 1.165) is 36.2 Å². The van der Waals surface area contributed by atoms with Crippen molar-refractivity contribution in [1.82, 2.24) is 4.98 Å². The number of nitrogens with zero attached hydrogens (tertiary/aromatic N) is 2. The molecule has 1 aliphatic heterocycles. The Bertz CT molecular complexity index is 927. The quantitative estimate of drug-likeness (QED) is 0.726. The molecule has 0 radical (unpaired) electrons. The van der Waals surface area contributed by atoms with Crippen LogP contribution in [0.2, 0.25) is 0 Å². The summed E-state index contributed by atoms with van der Waals surface area (Å²) in [6.45, 7) is 0.882. The molecule has 2 heterocycles. The summed E-state index contributed by atoms with van der Waals surface area (Å²) in [6.07, 6.45) is 2.07. The molecule has 4 heteroatoms. The standard InChI is InChI=1S/C18H14N2O2/c21-18-14-9-8-13(15-7-4-10-19-15)11-16(14)20-17(22-18)12-5-2-1-3-6-12/h1-3,5-6,8-9,11H,4,7,10H2. The van der Waals surface area contributed by atoms with Gasteiger partial charge in [0, 0.05) is 17.8 Å². The molecule has 0 saturated heterocycles. The molecule has 4 rings (SSSR count). The van der Waals surface area contributed by atoms with Gasteiger partial charge in [0.1, 0.15) is 0 Å². The van der Waals surface area contributed by atoms with Crippen molar-refractivity contribution >= 4 is 16.6 Å². The van der Waals surface area contributed by atoms with Gasteiger partial charge < -0.3 is 4.42 Å². The highest BCUT2D eigenvalue weighted by atomic mass is 16.4. The Hall–Kier alpha value is -2.75. The normalized spacial score (nSPS) is 14.3. The largest absolute Gasteiger partial charge is 0.403 e. The van der Waals surface area contributed by atoms with E-state index in [4.69, 9.17) is 4.42 Å². The lowest BCUT2D eigenvalue weighted by atomic mass is 10.1. The molecule has 0 unspecified atom stereocenters. The monoisotopic (exact) mass is 290 g/mol. The van der Waals surface area contributed by atoms with Gasteiger partial charge >= 0.3 is 5.63 Å². The van der Waals surface area contributed by atoms with Crippen LogP contribution in [0.5, 0.6) is 0 Å². The molecule has 0 spiro atoms. The van der Waals surface area contributed by atoms with Crippen molar-refractivity contribution in [3.8, 4) is 11.5 Å². The third-order valence-corrected chi connectivity index (χ3v) is 3.86. The fourth-order valence-corrected chi connectivity index (χ4v) is 2.73. The molecule has 0 N–H and O–H groups in total. The second-order valence-electron chi connectivity index (χ2n) is 5.34.